The van der Waals surface area contributed by atoms with Crippen molar-refractivity contribution in [2.24, 2.45) is 11.8 Å². The van der Waals surface area contributed by atoms with E-state index in [4.69, 9.17) is 0 Å². The molecule has 2 N–H and O–H groups in total. The molecule has 1 saturated carbocycles. The molecule has 0 aromatic carbocycles. The Kier molecular flexibility index (Phi) is 4.70. The predicted molar refractivity (Wildman–Crippen MR) is 68.9 cm³/mol. The fraction of sp³-hybridized carbons (Fsp3) is 0.571. The molecule has 1 aliphatic carbocycles. The van der Waals surface area contributed by atoms with E-state index < -0.39 is 0 Å². The van der Waals surface area contributed by atoms with Gasteiger partial charge in [-0.2, -0.15) is 0 Å². The van der Waals surface area contributed by atoms with Gasteiger partial charge in [-0.3, -0.25) is 9.78 Å². The molecule has 98 valence electrons. The highest BCUT2D eigenvalue weighted by Crippen LogP contribution is 2.30. The molecule has 1 aromatic rings. The summed E-state index contributed by atoms with van der Waals surface area (Å²) >= 11 is 0. The maximum atomic E-state index is 11.8. The molecule has 0 spiro atoms. The molecule has 2 atom stereocenters. The number of amides is 1. The second-order valence-corrected chi connectivity index (χ2v) is 4.97. The number of rotatable bonds is 5. The van der Waals surface area contributed by atoms with Crippen LogP contribution in [0.25, 0.3) is 0 Å². The topological polar surface area (TPSA) is 62.2 Å². The third-order valence-corrected chi connectivity index (χ3v) is 3.73. The predicted octanol–water partition coefficient (Wildman–Crippen LogP) is 1.15. The van der Waals surface area contributed by atoms with E-state index in [9.17, 15) is 9.90 Å². The average molecular weight is 248 g/mol. The van der Waals surface area contributed by atoms with Crippen molar-refractivity contribution in [2.75, 3.05) is 13.2 Å². The number of pyridine rings is 1. The number of hydrogen-bond donors (Lipinski definition) is 2. The Balaban J connectivity index is 1.75. The van der Waals surface area contributed by atoms with Crippen LogP contribution in [0.15, 0.2) is 24.5 Å². The molecule has 4 heteroatoms. The zero-order valence-corrected chi connectivity index (χ0v) is 10.5. The van der Waals surface area contributed by atoms with Crippen molar-refractivity contribution in [1.29, 1.82) is 0 Å². The summed E-state index contributed by atoms with van der Waals surface area (Å²) < 4.78 is 0. The summed E-state index contributed by atoms with van der Waals surface area (Å²) in [4.78, 5) is 15.7. The van der Waals surface area contributed by atoms with Crippen LogP contribution in [0.1, 0.15) is 24.8 Å². The maximum Gasteiger partial charge on any atom is 0.224 e. The number of hydrogen-bond acceptors (Lipinski definition) is 3. The van der Waals surface area contributed by atoms with Gasteiger partial charge in [0.05, 0.1) is 6.42 Å². The first-order valence-electron chi connectivity index (χ1n) is 6.56. The fourth-order valence-electron chi connectivity index (χ4n) is 2.62. The van der Waals surface area contributed by atoms with E-state index in [-0.39, 0.29) is 12.5 Å². The van der Waals surface area contributed by atoms with E-state index in [0.29, 0.717) is 24.8 Å². The highest BCUT2D eigenvalue weighted by atomic mass is 16.3. The molecule has 0 bridgehead atoms. The molecule has 1 heterocycles. The molecular weight excluding hydrogens is 228 g/mol. The summed E-state index contributed by atoms with van der Waals surface area (Å²) in [6.45, 7) is 0.931. The molecule has 1 aliphatic rings. The largest absolute Gasteiger partial charge is 0.396 e. The second kappa shape index (κ2) is 6.50. The normalized spacial score (nSPS) is 22.9. The summed E-state index contributed by atoms with van der Waals surface area (Å²) in [6.07, 6.45) is 7.15. The first-order valence-corrected chi connectivity index (χ1v) is 6.56. The van der Waals surface area contributed by atoms with Crippen molar-refractivity contribution in [3.8, 4) is 0 Å². The van der Waals surface area contributed by atoms with Crippen molar-refractivity contribution in [3.05, 3.63) is 30.1 Å². The molecule has 18 heavy (non-hydrogen) atoms. The zero-order valence-electron chi connectivity index (χ0n) is 10.5. The Labute approximate surface area is 107 Å². The lowest BCUT2D eigenvalue weighted by molar-refractivity contribution is -0.120. The molecule has 0 saturated heterocycles. The first-order chi connectivity index (χ1) is 8.79. The molecule has 1 aromatic heterocycles. The number of aromatic nitrogens is 1. The van der Waals surface area contributed by atoms with Gasteiger partial charge >= 0.3 is 0 Å². The van der Waals surface area contributed by atoms with E-state index in [1.807, 2.05) is 12.1 Å². The maximum absolute atomic E-state index is 11.8. The number of aliphatic hydroxyl groups is 1. The van der Waals surface area contributed by atoms with E-state index in [0.717, 1.165) is 24.8 Å². The quantitative estimate of drug-likeness (QED) is 0.821. The van der Waals surface area contributed by atoms with Gasteiger partial charge in [0.2, 0.25) is 5.91 Å². The first kappa shape index (κ1) is 13.0. The summed E-state index contributed by atoms with van der Waals surface area (Å²) in [6, 6.07) is 3.71. The Morgan fingerprint density at radius 3 is 2.78 bits per heavy atom. The number of nitrogens with one attached hydrogen (secondary N) is 1. The average Bonchev–Trinajstić information content (AvgIpc) is 2.85. The number of aliphatic hydroxyl groups excluding tert-OH is 1. The van der Waals surface area contributed by atoms with Crippen LogP contribution in [0.4, 0.5) is 0 Å². The van der Waals surface area contributed by atoms with Crippen molar-refractivity contribution >= 4 is 5.91 Å². The summed E-state index contributed by atoms with van der Waals surface area (Å²) in [5.74, 6) is 0.854. The Morgan fingerprint density at radius 2 is 2.06 bits per heavy atom. The highest BCUT2D eigenvalue weighted by Gasteiger charge is 2.26. The van der Waals surface area contributed by atoms with Crippen LogP contribution in [0, 0.1) is 11.8 Å². The van der Waals surface area contributed by atoms with Crippen molar-refractivity contribution < 1.29 is 9.90 Å². The van der Waals surface area contributed by atoms with Gasteiger partial charge in [0.25, 0.3) is 0 Å². The molecule has 4 nitrogen and oxygen atoms in total. The second-order valence-electron chi connectivity index (χ2n) is 4.97. The van der Waals surface area contributed by atoms with Crippen molar-refractivity contribution in [1.82, 2.24) is 10.3 Å². The summed E-state index contributed by atoms with van der Waals surface area (Å²) in [5.41, 5.74) is 0.979. The van der Waals surface area contributed by atoms with Crippen LogP contribution >= 0.6 is 0 Å². The van der Waals surface area contributed by atoms with Crippen LogP contribution in [-0.4, -0.2) is 29.1 Å². The molecule has 1 fully saturated rings. The Hall–Kier alpha value is -1.42. The smallest absolute Gasteiger partial charge is 0.224 e. The fourth-order valence-corrected chi connectivity index (χ4v) is 2.62. The number of carbonyl (C=O) groups excluding carboxylic acids is 1. The molecule has 2 unspecified atom stereocenters. The van der Waals surface area contributed by atoms with Crippen LogP contribution in [-0.2, 0) is 11.2 Å². The highest BCUT2D eigenvalue weighted by molar-refractivity contribution is 5.78. The van der Waals surface area contributed by atoms with Gasteiger partial charge < -0.3 is 10.4 Å². The lowest BCUT2D eigenvalue weighted by Gasteiger charge is -2.17. The third-order valence-electron chi connectivity index (χ3n) is 3.73. The molecule has 2 rings (SSSR count). The minimum absolute atomic E-state index is 0.0461. The number of carbonyl (C=O) groups is 1. The summed E-state index contributed by atoms with van der Waals surface area (Å²) in [5, 5.41) is 12.2. The Bertz CT molecular complexity index is 381. The van der Waals surface area contributed by atoms with Gasteiger partial charge in [0.15, 0.2) is 0 Å². The van der Waals surface area contributed by atoms with E-state index >= 15 is 0 Å². The van der Waals surface area contributed by atoms with Gasteiger partial charge in [0, 0.05) is 25.5 Å². The lowest BCUT2D eigenvalue weighted by atomic mass is 9.97. The molecule has 0 radical (unpaired) electrons. The van der Waals surface area contributed by atoms with Crippen LogP contribution < -0.4 is 5.32 Å². The van der Waals surface area contributed by atoms with Gasteiger partial charge in [-0.1, -0.05) is 6.42 Å². The zero-order chi connectivity index (χ0) is 12.8. The van der Waals surface area contributed by atoms with E-state index in [1.54, 1.807) is 12.4 Å². The van der Waals surface area contributed by atoms with E-state index in [2.05, 4.69) is 10.3 Å². The summed E-state index contributed by atoms with van der Waals surface area (Å²) in [7, 11) is 0. The van der Waals surface area contributed by atoms with Gasteiger partial charge in [0.1, 0.15) is 0 Å². The Morgan fingerprint density at radius 1 is 1.33 bits per heavy atom. The van der Waals surface area contributed by atoms with Crippen molar-refractivity contribution in [2.45, 2.75) is 25.7 Å². The molecular formula is C14H20N2O2. The molecule has 1 amide bonds. The third kappa shape index (κ3) is 3.53. The van der Waals surface area contributed by atoms with Crippen LogP contribution in [0.3, 0.4) is 0 Å². The van der Waals surface area contributed by atoms with Gasteiger partial charge in [-0.05, 0) is 42.4 Å². The van der Waals surface area contributed by atoms with Gasteiger partial charge in [-0.15, -0.1) is 0 Å². The lowest BCUT2D eigenvalue weighted by Crippen LogP contribution is -2.32. The van der Waals surface area contributed by atoms with Crippen LogP contribution in [0.5, 0.6) is 0 Å². The minimum Gasteiger partial charge on any atom is -0.396 e. The molecule has 0 aliphatic heterocycles. The van der Waals surface area contributed by atoms with E-state index in [1.165, 1.54) is 0 Å². The van der Waals surface area contributed by atoms with Crippen LogP contribution in [0.2, 0.25) is 0 Å². The standard InChI is InChI=1S/C14H20N2O2/c17-10-13-3-1-2-12(13)9-16-14(18)8-11-4-6-15-7-5-11/h4-7,12-13,17H,1-3,8-10H2,(H,16,18). The monoisotopic (exact) mass is 248 g/mol. The van der Waals surface area contributed by atoms with Gasteiger partial charge in [-0.25, -0.2) is 0 Å². The van der Waals surface area contributed by atoms with Crippen molar-refractivity contribution in [3.63, 3.8) is 0 Å². The number of nitrogens with zero attached hydrogens (tertiary/aromatic N) is 1. The minimum atomic E-state index is 0.0461. The SMILES string of the molecule is O=C(Cc1ccncc1)NCC1CCCC1CO.